The van der Waals surface area contributed by atoms with Gasteiger partial charge in [-0.2, -0.15) is 0 Å². The van der Waals surface area contributed by atoms with Crippen LogP contribution in [0.2, 0.25) is 0 Å². The number of rotatable bonds is 4. The highest BCUT2D eigenvalue weighted by Gasteiger charge is 2.29. The number of nitro benzene ring substituents is 1. The Morgan fingerprint density at radius 3 is 2.53 bits per heavy atom. The molecule has 0 spiro atoms. The van der Waals surface area contributed by atoms with E-state index in [4.69, 9.17) is 5.73 Å². The number of nitrogens with one attached hydrogen (secondary N) is 1. The lowest BCUT2D eigenvalue weighted by molar-refractivity contribution is -0.384. The zero-order valence-electron chi connectivity index (χ0n) is 8.79. The number of hydrogen-bond acceptors (Lipinski definition) is 5. The first-order chi connectivity index (χ1) is 7.90. The minimum Gasteiger partial charge on any atom is -0.397 e. The number of benzene rings is 1. The Morgan fingerprint density at radius 2 is 2.06 bits per heavy atom. The summed E-state index contributed by atoms with van der Waals surface area (Å²) in [5.74, 6) is 0. The molecule has 0 bridgehead atoms. The van der Waals surface area contributed by atoms with Crippen LogP contribution in [-0.4, -0.2) is 19.4 Å². The van der Waals surface area contributed by atoms with Crippen LogP contribution in [0, 0.1) is 10.1 Å². The highest BCUT2D eigenvalue weighted by Crippen LogP contribution is 2.27. The van der Waals surface area contributed by atoms with E-state index in [0.717, 1.165) is 31.0 Å². The third kappa shape index (κ3) is 2.53. The van der Waals surface area contributed by atoms with Gasteiger partial charge < -0.3 is 5.73 Å². The van der Waals surface area contributed by atoms with Crippen LogP contribution in [-0.2, 0) is 10.0 Å². The van der Waals surface area contributed by atoms with E-state index in [9.17, 15) is 18.5 Å². The molecule has 0 heterocycles. The number of non-ortho nitro benzene ring substituents is 1. The van der Waals surface area contributed by atoms with Crippen molar-refractivity contribution in [2.45, 2.75) is 23.8 Å². The molecule has 1 fully saturated rings. The second-order valence-corrected chi connectivity index (χ2v) is 5.56. The van der Waals surface area contributed by atoms with Crippen LogP contribution >= 0.6 is 0 Å². The Balaban J connectivity index is 2.35. The molecule has 0 aromatic heterocycles. The summed E-state index contributed by atoms with van der Waals surface area (Å²) in [6.45, 7) is 0. The lowest BCUT2D eigenvalue weighted by Crippen LogP contribution is -2.26. The molecule has 1 aliphatic carbocycles. The molecule has 2 rings (SSSR count). The van der Waals surface area contributed by atoms with E-state index < -0.39 is 14.9 Å². The summed E-state index contributed by atoms with van der Waals surface area (Å²) in [6, 6.07) is 3.28. The van der Waals surface area contributed by atoms with E-state index in [1.807, 2.05) is 0 Å². The Bertz CT molecular complexity index is 566. The molecular formula is C9H11N3O4S. The molecule has 7 nitrogen and oxygen atoms in total. The van der Waals surface area contributed by atoms with Crippen LogP contribution in [0.3, 0.4) is 0 Å². The van der Waals surface area contributed by atoms with Crippen molar-refractivity contribution in [1.29, 1.82) is 0 Å². The Kier molecular flexibility index (Phi) is 2.76. The van der Waals surface area contributed by atoms with Crippen molar-refractivity contribution < 1.29 is 13.3 Å². The first-order valence-corrected chi connectivity index (χ1v) is 6.45. The maximum atomic E-state index is 11.8. The standard InChI is InChI=1S/C9H11N3O4S/c10-8-5-7(12(13)14)3-4-9(8)17(15,16)11-6-1-2-6/h3-6,11H,1-2,10H2. The molecule has 1 aliphatic rings. The maximum absolute atomic E-state index is 11.8. The SMILES string of the molecule is Nc1cc([N+](=O)[O-])ccc1S(=O)(=O)NC1CC1. The predicted octanol–water partition coefficient (Wildman–Crippen LogP) is 0.618. The fourth-order valence-corrected chi connectivity index (χ4v) is 2.80. The summed E-state index contributed by atoms with van der Waals surface area (Å²) in [5.41, 5.74) is 5.17. The number of hydrogen-bond donors (Lipinski definition) is 2. The van der Waals surface area contributed by atoms with Gasteiger partial charge in [0.15, 0.2) is 0 Å². The third-order valence-electron chi connectivity index (χ3n) is 2.39. The lowest BCUT2D eigenvalue weighted by Gasteiger charge is -2.07. The molecule has 0 amide bonds. The molecule has 1 aromatic rings. The van der Waals surface area contributed by atoms with Crippen LogP contribution in [0.15, 0.2) is 23.1 Å². The van der Waals surface area contributed by atoms with Gasteiger partial charge in [-0.1, -0.05) is 0 Å². The van der Waals surface area contributed by atoms with Crippen LogP contribution in [0.5, 0.6) is 0 Å². The molecule has 0 atom stereocenters. The second-order valence-electron chi connectivity index (χ2n) is 3.87. The summed E-state index contributed by atoms with van der Waals surface area (Å²) in [7, 11) is -3.67. The number of nitro groups is 1. The topological polar surface area (TPSA) is 115 Å². The van der Waals surface area contributed by atoms with E-state index >= 15 is 0 Å². The summed E-state index contributed by atoms with van der Waals surface area (Å²) in [5, 5.41) is 10.5. The summed E-state index contributed by atoms with van der Waals surface area (Å²) >= 11 is 0. The van der Waals surface area contributed by atoms with Crippen LogP contribution in [0.4, 0.5) is 11.4 Å². The zero-order valence-corrected chi connectivity index (χ0v) is 9.61. The van der Waals surface area contributed by atoms with E-state index in [1.165, 1.54) is 0 Å². The molecule has 0 aliphatic heterocycles. The molecule has 92 valence electrons. The third-order valence-corrected chi connectivity index (χ3v) is 3.99. The smallest absolute Gasteiger partial charge is 0.271 e. The van der Waals surface area contributed by atoms with Crippen molar-refractivity contribution in [3.63, 3.8) is 0 Å². The Hall–Kier alpha value is -1.67. The fourth-order valence-electron chi connectivity index (χ4n) is 1.38. The summed E-state index contributed by atoms with van der Waals surface area (Å²) < 4.78 is 26.1. The zero-order chi connectivity index (χ0) is 12.6. The monoisotopic (exact) mass is 257 g/mol. The average Bonchev–Trinajstić information content (AvgIpc) is 3.00. The molecular weight excluding hydrogens is 246 g/mol. The number of nitrogen functional groups attached to an aromatic ring is 1. The second kappa shape index (κ2) is 3.97. The normalized spacial score (nSPS) is 15.8. The lowest BCUT2D eigenvalue weighted by atomic mass is 10.3. The predicted molar refractivity (Wildman–Crippen MR) is 60.9 cm³/mol. The average molecular weight is 257 g/mol. The van der Waals surface area contributed by atoms with Gasteiger partial charge in [0.1, 0.15) is 4.90 Å². The molecule has 3 N–H and O–H groups in total. The first-order valence-electron chi connectivity index (χ1n) is 4.96. The Morgan fingerprint density at radius 1 is 1.41 bits per heavy atom. The van der Waals surface area contributed by atoms with Crippen molar-refractivity contribution in [1.82, 2.24) is 4.72 Å². The summed E-state index contributed by atoms with van der Waals surface area (Å²) in [4.78, 5) is 9.75. The number of nitrogens with zero attached hydrogens (tertiary/aromatic N) is 1. The minimum absolute atomic E-state index is 0.0328. The van der Waals surface area contributed by atoms with Crippen LogP contribution < -0.4 is 10.5 Å². The molecule has 0 radical (unpaired) electrons. The van der Waals surface area contributed by atoms with Crippen molar-refractivity contribution in [2.24, 2.45) is 0 Å². The molecule has 1 saturated carbocycles. The maximum Gasteiger partial charge on any atom is 0.271 e. The fraction of sp³-hybridized carbons (Fsp3) is 0.333. The van der Waals surface area contributed by atoms with Crippen molar-refractivity contribution >= 4 is 21.4 Å². The van der Waals surface area contributed by atoms with E-state index in [1.54, 1.807) is 0 Å². The molecule has 17 heavy (non-hydrogen) atoms. The number of nitrogens with two attached hydrogens (primary N) is 1. The highest BCUT2D eigenvalue weighted by molar-refractivity contribution is 7.89. The van der Waals surface area contributed by atoms with Gasteiger partial charge in [-0.05, 0) is 18.9 Å². The molecule has 8 heteroatoms. The molecule has 0 saturated heterocycles. The van der Waals surface area contributed by atoms with Crippen molar-refractivity contribution in [3.05, 3.63) is 28.3 Å². The first kappa shape index (κ1) is 11.8. The van der Waals surface area contributed by atoms with Gasteiger partial charge in [0.25, 0.3) is 5.69 Å². The van der Waals surface area contributed by atoms with E-state index in [2.05, 4.69) is 4.72 Å². The number of anilines is 1. The van der Waals surface area contributed by atoms with Crippen LogP contribution in [0.1, 0.15) is 12.8 Å². The van der Waals surface area contributed by atoms with Crippen LogP contribution in [0.25, 0.3) is 0 Å². The quantitative estimate of drug-likeness (QED) is 0.466. The highest BCUT2D eigenvalue weighted by atomic mass is 32.2. The minimum atomic E-state index is -3.67. The van der Waals surface area contributed by atoms with Gasteiger partial charge in [0, 0.05) is 18.2 Å². The van der Waals surface area contributed by atoms with Gasteiger partial charge in [-0.3, -0.25) is 10.1 Å². The van der Waals surface area contributed by atoms with Crippen molar-refractivity contribution in [2.75, 3.05) is 5.73 Å². The van der Waals surface area contributed by atoms with Gasteiger partial charge in [-0.25, -0.2) is 13.1 Å². The van der Waals surface area contributed by atoms with Crippen molar-refractivity contribution in [3.8, 4) is 0 Å². The molecule has 0 unspecified atom stereocenters. The van der Waals surface area contributed by atoms with Gasteiger partial charge in [0.05, 0.1) is 10.6 Å². The Labute approximate surface area is 97.8 Å². The van der Waals surface area contributed by atoms with Gasteiger partial charge in [-0.15, -0.1) is 0 Å². The van der Waals surface area contributed by atoms with Gasteiger partial charge in [0.2, 0.25) is 10.0 Å². The van der Waals surface area contributed by atoms with E-state index in [-0.39, 0.29) is 22.3 Å². The molecule has 1 aromatic carbocycles. The number of sulfonamides is 1. The summed E-state index contributed by atoms with van der Waals surface area (Å²) in [6.07, 6.45) is 1.62. The largest absolute Gasteiger partial charge is 0.397 e. The van der Waals surface area contributed by atoms with E-state index in [0.29, 0.717) is 0 Å². The van der Waals surface area contributed by atoms with Gasteiger partial charge >= 0.3 is 0 Å².